The van der Waals surface area contributed by atoms with Gasteiger partial charge in [0.2, 0.25) is 5.91 Å². The molecular formula is C11H18N2O2S. The van der Waals surface area contributed by atoms with Crippen molar-refractivity contribution in [3.05, 3.63) is 21.9 Å². The molecule has 1 amide bonds. The maximum Gasteiger partial charge on any atom is 0.236 e. The van der Waals surface area contributed by atoms with Crippen LogP contribution in [0.25, 0.3) is 0 Å². The highest BCUT2D eigenvalue weighted by Crippen LogP contribution is 2.22. The summed E-state index contributed by atoms with van der Waals surface area (Å²) in [6.45, 7) is 4.36. The fourth-order valence-electron chi connectivity index (χ4n) is 1.45. The van der Waals surface area contributed by atoms with Crippen LogP contribution in [0.5, 0.6) is 0 Å². The van der Waals surface area contributed by atoms with Gasteiger partial charge in [-0.25, -0.2) is 0 Å². The lowest BCUT2D eigenvalue weighted by Crippen LogP contribution is -2.45. The van der Waals surface area contributed by atoms with Crippen molar-refractivity contribution in [3.63, 3.8) is 0 Å². The number of nitrogens with one attached hydrogen (secondary N) is 1. The standard InChI is InChI=1S/C11H18N2O2S/c1-7-4-5-10(16-7)8(2)13-9(6-15-3)11(12)14/h4-5,8-9,13H,6H2,1-3H3,(H2,12,14). The number of amides is 1. The second-order valence-corrected chi connectivity index (χ2v) is 5.07. The minimum Gasteiger partial charge on any atom is -0.383 e. The van der Waals surface area contributed by atoms with E-state index in [0.717, 1.165) is 0 Å². The van der Waals surface area contributed by atoms with Gasteiger partial charge in [0.1, 0.15) is 6.04 Å². The number of carbonyl (C=O) groups excluding carboxylic acids is 1. The van der Waals surface area contributed by atoms with Crippen LogP contribution in [-0.4, -0.2) is 25.7 Å². The number of thiophene rings is 1. The van der Waals surface area contributed by atoms with E-state index in [2.05, 4.69) is 24.4 Å². The van der Waals surface area contributed by atoms with Crippen molar-refractivity contribution in [2.75, 3.05) is 13.7 Å². The predicted octanol–water partition coefficient (Wildman–Crippen LogP) is 1.21. The van der Waals surface area contributed by atoms with E-state index in [1.807, 2.05) is 6.92 Å². The molecule has 0 aliphatic rings. The third kappa shape index (κ3) is 3.59. The zero-order chi connectivity index (χ0) is 12.1. The van der Waals surface area contributed by atoms with Gasteiger partial charge in [0.15, 0.2) is 0 Å². The summed E-state index contributed by atoms with van der Waals surface area (Å²) in [4.78, 5) is 13.6. The molecule has 1 aromatic heterocycles. The average Bonchev–Trinajstić information content (AvgIpc) is 2.64. The highest BCUT2D eigenvalue weighted by Gasteiger charge is 2.18. The van der Waals surface area contributed by atoms with Crippen molar-refractivity contribution in [2.45, 2.75) is 25.9 Å². The van der Waals surface area contributed by atoms with Gasteiger partial charge >= 0.3 is 0 Å². The van der Waals surface area contributed by atoms with Gasteiger partial charge in [0, 0.05) is 22.9 Å². The Morgan fingerprint density at radius 1 is 1.62 bits per heavy atom. The van der Waals surface area contributed by atoms with Crippen molar-refractivity contribution in [3.8, 4) is 0 Å². The number of primary amides is 1. The number of carbonyl (C=O) groups is 1. The molecule has 0 aliphatic heterocycles. The first kappa shape index (κ1) is 13.2. The number of ether oxygens (including phenoxy) is 1. The Morgan fingerprint density at radius 2 is 2.31 bits per heavy atom. The van der Waals surface area contributed by atoms with Crippen molar-refractivity contribution in [2.24, 2.45) is 5.73 Å². The SMILES string of the molecule is COCC(NC(C)c1ccc(C)s1)C(N)=O. The molecule has 0 bridgehead atoms. The number of aryl methyl sites for hydroxylation is 1. The minimum absolute atomic E-state index is 0.103. The molecule has 0 spiro atoms. The number of hydrogen-bond donors (Lipinski definition) is 2. The van der Waals surface area contributed by atoms with Crippen LogP contribution in [-0.2, 0) is 9.53 Å². The number of nitrogens with two attached hydrogens (primary N) is 1. The highest BCUT2D eigenvalue weighted by atomic mass is 32.1. The van der Waals surface area contributed by atoms with Gasteiger partial charge in [0.05, 0.1) is 6.61 Å². The van der Waals surface area contributed by atoms with E-state index in [-0.39, 0.29) is 11.9 Å². The molecule has 1 rings (SSSR count). The first-order valence-corrected chi connectivity index (χ1v) is 5.97. The number of methoxy groups -OCH3 is 1. The van der Waals surface area contributed by atoms with Crippen molar-refractivity contribution in [1.29, 1.82) is 0 Å². The second kappa shape index (κ2) is 5.98. The Kier molecular flexibility index (Phi) is 4.92. The molecule has 0 saturated carbocycles. The van der Waals surface area contributed by atoms with Gasteiger partial charge in [-0.2, -0.15) is 0 Å². The van der Waals surface area contributed by atoms with Gasteiger partial charge in [-0.05, 0) is 26.0 Å². The normalized spacial score (nSPS) is 14.7. The van der Waals surface area contributed by atoms with Crippen LogP contribution in [0, 0.1) is 6.92 Å². The van der Waals surface area contributed by atoms with E-state index in [9.17, 15) is 4.79 Å². The molecule has 0 fully saturated rings. The van der Waals surface area contributed by atoms with E-state index in [1.54, 1.807) is 18.4 Å². The molecule has 2 unspecified atom stereocenters. The van der Waals surface area contributed by atoms with Crippen molar-refractivity contribution in [1.82, 2.24) is 5.32 Å². The first-order valence-electron chi connectivity index (χ1n) is 5.15. The van der Waals surface area contributed by atoms with Crippen LogP contribution in [0.15, 0.2) is 12.1 Å². The summed E-state index contributed by atoms with van der Waals surface area (Å²) in [5, 5.41) is 3.16. The van der Waals surface area contributed by atoms with E-state index < -0.39 is 6.04 Å². The first-order chi connectivity index (χ1) is 7.54. The van der Waals surface area contributed by atoms with Gasteiger partial charge in [0.25, 0.3) is 0 Å². The quantitative estimate of drug-likeness (QED) is 0.788. The molecule has 1 heterocycles. The predicted molar refractivity (Wildman–Crippen MR) is 65.5 cm³/mol. The topological polar surface area (TPSA) is 64.3 Å². The molecule has 1 aromatic rings. The highest BCUT2D eigenvalue weighted by molar-refractivity contribution is 7.12. The molecule has 0 aliphatic carbocycles. The number of hydrogen-bond acceptors (Lipinski definition) is 4. The third-order valence-electron chi connectivity index (χ3n) is 2.32. The van der Waals surface area contributed by atoms with E-state index in [1.165, 1.54) is 9.75 Å². The fourth-order valence-corrected chi connectivity index (χ4v) is 2.34. The Bertz CT molecular complexity index is 352. The lowest BCUT2D eigenvalue weighted by atomic mass is 10.2. The van der Waals surface area contributed by atoms with Gasteiger partial charge in [-0.3, -0.25) is 10.1 Å². The van der Waals surface area contributed by atoms with Crippen LogP contribution in [0.2, 0.25) is 0 Å². The molecule has 5 heteroatoms. The van der Waals surface area contributed by atoms with Crippen molar-refractivity contribution < 1.29 is 9.53 Å². The van der Waals surface area contributed by atoms with Crippen LogP contribution in [0.4, 0.5) is 0 Å². The molecule has 90 valence electrons. The van der Waals surface area contributed by atoms with Crippen LogP contribution >= 0.6 is 11.3 Å². The summed E-state index contributed by atoms with van der Waals surface area (Å²) in [6.07, 6.45) is 0. The average molecular weight is 242 g/mol. The molecule has 0 saturated heterocycles. The lowest BCUT2D eigenvalue weighted by Gasteiger charge is -2.19. The lowest BCUT2D eigenvalue weighted by molar-refractivity contribution is -0.121. The van der Waals surface area contributed by atoms with E-state index in [0.29, 0.717) is 6.61 Å². The summed E-state index contributed by atoms with van der Waals surface area (Å²) in [5.74, 6) is -0.387. The van der Waals surface area contributed by atoms with Crippen LogP contribution in [0.3, 0.4) is 0 Å². The van der Waals surface area contributed by atoms with Gasteiger partial charge in [-0.15, -0.1) is 11.3 Å². The van der Waals surface area contributed by atoms with Crippen LogP contribution in [0.1, 0.15) is 22.7 Å². The van der Waals surface area contributed by atoms with Crippen LogP contribution < -0.4 is 11.1 Å². The Balaban J connectivity index is 2.61. The molecular weight excluding hydrogens is 224 g/mol. The van der Waals surface area contributed by atoms with Gasteiger partial charge in [-0.1, -0.05) is 0 Å². The van der Waals surface area contributed by atoms with E-state index >= 15 is 0 Å². The molecule has 4 nitrogen and oxygen atoms in total. The third-order valence-corrected chi connectivity index (χ3v) is 3.50. The summed E-state index contributed by atoms with van der Waals surface area (Å²) in [7, 11) is 1.55. The zero-order valence-corrected chi connectivity index (χ0v) is 10.6. The number of rotatable bonds is 6. The largest absolute Gasteiger partial charge is 0.383 e. The Hall–Kier alpha value is -0.910. The molecule has 2 atom stereocenters. The van der Waals surface area contributed by atoms with E-state index in [4.69, 9.17) is 10.5 Å². The summed E-state index contributed by atoms with van der Waals surface area (Å²) < 4.78 is 4.95. The summed E-state index contributed by atoms with van der Waals surface area (Å²) in [5.41, 5.74) is 5.28. The molecule has 3 N–H and O–H groups in total. The summed E-state index contributed by atoms with van der Waals surface area (Å²) in [6, 6.07) is 3.78. The maximum atomic E-state index is 11.1. The fraction of sp³-hybridized carbons (Fsp3) is 0.545. The second-order valence-electron chi connectivity index (χ2n) is 3.75. The van der Waals surface area contributed by atoms with Gasteiger partial charge < -0.3 is 10.5 Å². The maximum absolute atomic E-state index is 11.1. The smallest absolute Gasteiger partial charge is 0.236 e. The monoisotopic (exact) mass is 242 g/mol. The molecule has 16 heavy (non-hydrogen) atoms. The Labute approximate surface area is 99.8 Å². The molecule has 0 radical (unpaired) electrons. The Morgan fingerprint density at radius 3 is 2.75 bits per heavy atom. The summed E-state index contributed by atoms with van der Waals surface area (Å²) >= 11 is 1.71. The zero-order valence-electron chi connectivity index (χ0n) is 9.82. The van der Waals surface area contributed by atoms with Crippen molar-refractivity contribution >= 4 is 17.2 Å². The molecule has 0 aromatic carbocycles. The minimum atomic E-state index is -0.442.